The summed E-state index contributed by atoms with van der Waals surface area (Å²) in [5.74, 6) is 2.08. The van der Waals surface area contributed by atoms with Crippen LogP contribution in [0, 0.1) is 0 Å². The summed E-state index contributed by atoms with van der Waals surface area (Å²) < 4.78 is 5.44. The normalized spacial score (nSPS) is 10.3. The fourth-order valence-corrected chi connectivity index (χ4v) is 1.24. The van der Waals surface area contributed by atoms with Crippen LogP contribution in [0.2, 0.25) is 0 Å². The van der Waals surface area contributed by atoms with Gasteiger partial charge in [0, 0.05) is 6.42 Å². The van der Waals surface area contributed by atoms with Crippen molar-refractivity contribution in [2.45, 2.75) is 19.9 Å². The van der Waals surface area contributed by atoms with E-state index in [4.69, 9.17) is 10.2 Å². The Balaban J connectivity index is 1.99. The third kappa shape index (κ3) is 2.28. The third-order valence-corrected chi connectivity index (χ3v) is 2.10. The molecule has 6 heteroatoms. The third-order valence-electron chi connectivity index (χ3n) is 2.10. The second kappa shape index (κ2) is 4.61. The van der Waals surface area contributed by atoms with Crippen LogP contribution in [0.25, 0.3) is 0 Å². The monoisotopic (exact) mass is 219 g/mol. The minimum atomic E-state index is 0.460. The molecule has 0 unspecified atom stereocenters. The molecular formula is C10H13N5O. The summed E-state index contributed by atoms with van der Waals surface area (Å²) in [5.41, 5.74) is 6.18. The summed E-state index contributed by atoms with van der Waals surface area (Å²) in [6, 6.07) is 0. The lowest BCUT2D eigenvalue weighted by Crippen LogP contribution is -2.04. The fourth-order valence-electron chi connectivity index (χ4n) is 1.24. The number of nitrogens with zero attached hydrogens (tertiary/aromatic N) is 3. The highest BCUT2D eigenvalue weighted by atomic mass is 16.4. The van der Waals surface area contributed by atoms with E-state index in [-0.39, 0.29) is 0 Å². The Labute approximate surface area is 92.9 Å². The lowest BCUT2D eigenvalue weighted by molar-refractivity contribution is 0.465. The van der Waals surface area contributed by atoms with Crippen molar-refractivity contribution >= 4 is 11.5 Å². The number of hydrogen-bond donors (Lipinski definition) is 2. The van der Waals surface area contributed by atoms with Gasteiger partial charge in [0.15, 0.2) is 5.82 Å². The largest absolute Gasteiger partial charge is 0.444 e. The van der Waals surface area contributed by atoms with E-state index in [9.17, 15) is 0 Å². The standard InChI is InChI=1S/C10H13N5O/c1-2-7-3-13-9(16-7)5-14-10-8(11)4-12-6-15-10/h3-4,6H,2,5,11H2,1H3,(H,12,14,15). The molecule has 0 atom stereocenters. The number of aryl methyl sites for hydroxylation is 1. The van der Waals surface area contributed by atoms with Crippen LogP contribution >= 0.6 is 0 Å². The van der Waals surface area contributed by atoms with Gasteiger partial charge in [-0.3, -0.25) is 0 Å². The van der Waals surface area contributed by atoms with E-state index in [1.807, 2.05) is 6.92 Å². The minimum absolute atomic E-state index is 0.460. The van der Waals surface area contributed by atoms with E-state index in [2.05, 4.69) is 20.3 Å². The van der Waals surface area contributed by atoms with Crippen molar-refractivity contribution in [3.63, 3.8) is 0 Å². The molecule has 0 spiro atoms. The molecule has 6 nitrogen and oxygen atoms in total. The summed E-state index contributed by atoms with van der Waals surface area (Å²) in [6.45, 7) is 2.47. The first-order chi connectivity index (χ1) is 7.79. The number of oxazole rings is 1. The lowest BCUT2D eigenvalue weighted by Gasteiger charge is -2.04. The molecule has 0 bridgehead atoms. The summed E-state index contributed by atoms with van der Waals surface area (Å²) >= 11 is 0. The summed E-state index contributed by atoms with van der Waals surface area (Å²) in [7, 11) is 0. The highest BCUT2D eigenvalue weighted by Gasteiger charge is 2.04. The van der Waals surface area contributed by atoms with Crippen LogP contribution < -0.4 is 11.1 Å². The first kappa shape index (κ1) is 10.4. The molecule has 0 fully saturated rings. The quantitative estimate of drug-likeness (QED) is 0.803. The predicted octanol–water partition coefficient (Wildman–Crippen LogP) is 1.22. The molecule has 2 heterocycles. The number of hydrogen-bond acceptors (Lipinski definition) is 6. The minimum Gasteiger partial charge on any atom is -0.444 e. The zero-order chi connectivity index (χ0) is 11.4. The zero-order valence-electron chi connectivity index (χ0n) is 8.97. The van der Waals surface area contributed by atoms with Crippen molar-refractivity contribution in [2.75, 3.05) is 11.1 Å². The van der Waals surface area contributed by atoms with Gasteiger partial charge in [0.2, 0.25) is 5.89 Å². The second-order valence-corrected chi connectivity index (χ2v) is 3.25. The van der Waals surface area contributed by atoms with Crippen LogP contribution in [-0.2, 0) is 13.0 Å². The van der Waals surface area contributed by atoms with Crippen LogP contribution in [0.4, 0.5) is 11.5 Å². The molecule has 84 valence electrons. The van der Waals surface area contributed by atoms with E-state index in [0.717, 1.165) is 12.2 Å². The molecule has 0 saturated carbocycles. The molecule has 0 aliphatic carbocycles. The van der Waals surface area contributed by atoms with Crippen LogP contribution in [0.1, 0.15) is 18.6 Å². The molecule has 2 aromatic heterocycles. The Bertz CT molecular complexity index is 468. The topological polar surface area (TPSA) is 89.9 Å². The van der Waals surface area contributed by atoms with Gasteiger partial charge in [0.05, 0.1) is 24.6 Å². The van der Waals surface area contributed by atoms with E-state index >= 15 is 0 Å². The SMILES string of the molecule is CCc1cnc(CNc2ncncc2N)o1. The van der Waals surface area contributed by atoms with Gasteiger partial charge < -0.3 is 15.5 Å². The van der Waals surface area contributed by atoms with E-state index in [1.54, 1.807) is 12.4 Å². The van der Waals surface area contributed by atoms with E-state index < -0.39 is 0 Å². The van der Waals surface area contributed by atoms with Crippen molar-refractivity contribution in [1.82, 2.24) is 15.0 Å². The fraction of sp³-hybridized carbons (Fsp3) is 0.300. The van der Waals surface area contributed by atoms with Gasteiger partial charge >= 0.3 is 0 Å². The van der Waals surface area contributed by atoms with Gasteiger partial charge in [-0.1, -0.05) is 6.92 Å². The smallest absolute Gasteiger partial charge is 0.213 e. The first-order valence-electron chi connectivity index (χ1n) is 5.02. The average molecular weight is 219 g/mol. The van der Waals surface area contributed by atoms with Crippen LogP contribution in [0.15, 0.2) is 23.1 Å². The van der Waals surface area contributed by atoms with Crippen molar-refractivity contribution < 1.29 is 4.42 Å². The number of rotatable bonds is 4. The maximum atomic E-state index is 5.68. The van der Waals surface area contributed by atoms with Crippen molar-refractivity contribution in [3.05, 3.63) is 30.4 Å². The van der Waals surface area contributed by atoms with Gasteiger partial charge in [-0.05, 0) is 0 Å². The van der Waals surface area contributed by atoms with E-state index in [1.165, 1.54) is 6.33 Å². The number of nitrogens with two attached hydrogens (primary N) is 1. The summed E-state index contributed by atoms with van der Waals surface area (Å²) in [6.07, 6.45) is 5.54. The van der Waals surface area contributed by atoms with Gasteiger partial charge in [-0.2, -0.15) is 0 Å². The first-order valence-corrected chi connectivity index (χ1v) is 5.02. The van der Waals surface area contributed by atoms with Crippen LogP contribution in [0.3, 0.4) is 0 Å². The van der Waals surface area contributed by atoms with Gasteiger partial charge in [-0.15, -0.1) is 0 Å². The Morgan fingerprint density at radius 2 is 2.25 bits per heavy atom. The number of aromatic nitrogens is 3. The number of nitrogen functional groups attached to an aromatic ring is 1. The highest BCUT2D eigenvalue weighted by Crippen LogP contribution is 2.13. The van der Waals surface area contributed by atoms with Crippen molar-refractivity contribution in [2.24, 2.45) is 0 Å². The predicted molar refractivity (Wildman–Crippen MR) is 59.7 cm³/mol. The van der Waals surface area contributed by atoms with Crippen molar-refractivity contribution in [1.29, 1.82) is 0 Å². The molecule has 3 N–H and O–H groups in total. The Morgan fingerprint density at radius 3 is 2.94 bits per heavy atom. The Morgan fingerprint density at radius 1 is 1.38 bits per heavy atom. The highest BCUT2D eigenvalue weighted by molar-refractivity contribution is 5.58. The summed E-state index contributed by atoms with van der Waals surface area (Å²) in [4.78, 5) is 11.9. The maximum absolute atomic E-state index is 5.68. The van der Waals surface area contributed by atoms with Gasteiger partial charge in [0.25, 0.3) is 0 Å². The zero-order valence-corrected chi connectivity index (χ0v) is 8.97. The summed E-state index contributed by atoms with van der Waals surface area (Å²) in [5, 5.41) is 3.03. The van der Waals surface area contributed by atoms with Gasteiger partial charge in [-0.25, -0.2) is 15.0 Å². The molecule has 0 saturated heterocycles. The van der Waals surface area contributed by atoms with Crippen LogP contribution in [0.5, 0.6) is 0 Å². The molecule has 0 aliphatic rings. The van der Waals surface area contributed by atoms with E-state index in [0.29, 0.717) is 23.9 Å². The molecule has 2 rings (SSSR count). The van der Waals surface area contributed by atoms with Gasteiger partial charge in [0.1, 0.15) is 12.1 Å². The lowest BCUT2D eigenvalue weighted by atomic mass is 10.4. The Kier molecular flexibility index (Phi) is 3.00. The van der Waals surface area contributed by atoms with Crippen molar-refractivity contribution in [3.8, 4) is 0 Å². The number of anilines is 2. The Hall–Kier alpha value is -2.11. The average Bonchev–Trinajstić information content (AvgIpc) is 2.76. The maximum Gasteiger partial charge on any atom is 0.213 e. The molecule has 0 aromatic carbocycles. The molecule has 2 aromatic rings. The molecule has 0 radical (unpaired) electrons. The molecule has 16 heavy (non-hydrogen) atoms. The molecule has 0 aliphatic heterocycles. The number of nitrogens with one attached hydrogen (secondary N) is 1. The molecule has 0 amide bonds. The molecular weight excluding hydrogens is 206 g/mol. The van der Waals surface area contributed by atoms with Crippen LogP contribution in [-0.4, -0.2) is 15.0 Å². The second-order valence-electron chi connectivity index (χ2n) is 3.25.